The Balaban J connectivity index is 2.24. The summed E-state index contributed by atoms with van der Waals surface area (Å²) in [6.45, 7) is 0.673. The lowest BCUT2D eigenvalue weighted by Gasteiger charge is -2.10. The van der Waals surface area contributed by atoms with Gasteiger partial charge in [0.1, 0.15) is 6.10 Å². The number of rotatable bonds is 2. The molecule has 0 saturated carbocycles. The number of halogens is 1. The van der Waals surface area contributed by atoms with Crippen molar-refractivity contribution in [3.63, 3.8) is 0 Å². The van der Waals surface area contributed by atoms with E-state index in [4.69, 9.17) is 10.5 Å². The zero-order valence-electron chi connectivity index (χ0n) is 8.20. The van der Waals surface area contributed by atoms with Crippen molar-refractivity contribution >= 4 is 27.4 Å². The summed E-state index contributed by atoms with van der Waals surface area (Å²) in [5.74, 6) is -0.00231. The largest absolute Gasteiger partial charge is 0.398 e. The van der Waals surface area contributed by atoms with Crippen molar-refractivity contribution in [1.29, 1.82) is 0 Å². The highest BCUT2D eigenvalue weighted by Gasteiger charge is 2.25. The van der Waals surface area contributed by atoms with Crippen molar-refractivity contribution in [3.8, 4) is 0 Å². The Kier molecular flexibility index (Phi) is 3.07. The maximum atomic E-state index is 12.0. The lowest BCUT2D eigenvalue weighted by Crippen LogP contribution is -2.20. The van der Waals surface area contributed by atoms with E-state index in [-0.39, 0.29) is 11.9 Å². The SMILES string of the molecule is Nc1cc(Br)ccc1C(=O)C1CCCO1. The predicted molar refractivity (Wildman–Crippen MR) is 61.9 cm³/mol. The molecule has 1 aliphatic heterocycles. The van der Waals surface area contributed by atoms with Gasteiger partial charge in [0.05, 0.1) is 0 Å². The van der Waals surface area contributed by atoms with Crippen molar-refractivity contribution in [3.05, 3.63) is 28.2 Å². The first kappa shape index (κ1) is 10.6. The third-order valence-corrected chi connectivity index (χ3v) is 2.99. The Morgan fingerprint density at radius 1 is 1.53 bits per heavy atom. The van der Waals surface area contributed by atoms with Gasteiger partial charge in [-0.05, 0) is 31.0 Å². The van der Waals surface area contributed by atoms with Gasteiger partial charge in [-0.3, -0.25) is 4.79 Å². The van der Waals surface area contributed by atoms with Crippen molar-refractivity contribution < 1.29 is 9.53 Å². The summed E-state index contributed by atoms with van der Waals surface area (Å²) in [5, 5.41) is 0. The number of benzene rings is 1. The smallest absolute Gasteiger partial charge is 0.193 e. The zero-order valence-corrected chi connectivity index (χ0v) is 9.79. The van der Waals surface area contributed by atoms with Crippen LogP contribution in [-0.2, 0) is 4.74 Å². The number of ketones is 1. The highest BCUT2D eigenvalue weighted by atomic mass is 79.9. The van der Waals surface area contributed by atoms with Gasteiger partial charge in [-0.2, -0.15) is 0 Å². The number of carbonyl (C=O) groups excluding carboxylic acids is 1. The van der Waals surface area contributed by atoms with E-state index in [1.807, 2.05) is 6.07 Å². The van der Waals surface area contributed by atoms with E-state index in [0.29, 0.717) is 17.9 Å². The van der Waals surface area contributed by atoms with Crippen LogP contribution in [0.15, 0.2) is 22.7 Å². The highest BCUT2D eigenvalue weighted by Crippen LogP contribution is 2.23. The van der Waals surface area contributed by atoms with E-state index >= 15 is 0 Å². The fourth-order valence-corrected chi connectivity index (χ4v) is 2.09. The molecule has 1 aromatic rings. The van der Waals surface area contributed by atoms with Crippen LogP contribution in [-0.4, -0.2) is 18.5 Å². The number of hydrogen-bond donors (Lipinski definition) is 1. The summed E-state index contributed by atoms with van der Waals surface area (Å²) >= 11 is 3.31. The summed E-state index contributed by atoms with van der Waals surface area (Å²) in [7, 11) is 0. The standard InChI is InChI=1S/C11H12BrNO2/c12-7-3-4-8(9(13)6-7)11(14)10-2-1-5-15-10/h3-4,6,10H,1-2,5,13H2. The van der Waals surface area contributed by atoms with Gasteiger partial charge in [-0.15, -0.1) is 0 Å². The van der Waals surface area contributed by atoms with Crippen molar-refractivity contribution in [2.75, 3.05) is 12.3 Å². The minimum atomic E-state index is -0.298. The molecule has 15 heavy (non-hydrogen) atoms. The molecule has 2 rings (SSSR count). The molecule has 1 atom stereocenters. The van der Waals surface area contributed by atoms with Gasteiger partial charge in [0.15, 0.2) is 5.78 Å². The molecular weight excluding hydrogens is 258 g/mol. The molecule has 1 fully saturated rings. The van der Waals surface area contributed by atoms with Gasteiger partial charge in [0, 0.05) is 22.3 Å². The molecule has 3 nitrogen and oxygen atoms in total. The second-order valence-electron chi connectivity index (χ2n) is 3.60. The molecule has 0 aromatic heterocycles. The molecule has 1 unspecified atom stereocenters. The van der Waals surface area contributed by atoms with Crippen LogP contribution in [0.5, 0.6) is 0 Å². The Morgan fingerprint density at radius 3 is 2.93 bits per heavy atom. The second kappa shape index (κ2) is 4.33. The van der Waals surface area contributed by atoms with Crippen LogP contribution < -0.4 is 5.73 Å². The van der Waals surface area contributed by atoms with Gasteiger partial charge < -0.3 is 10.5 Å². The van der Waals surface area contributed by atoms with Crippen LogP contribution in [0.3, 0.4) is 0 Å². The first-order chi connectivity index (χ1) is 7.18. The zero-order chi connectivity index (χ0) is 10.8. The summed E-state index contributed by atoms with van der Waals surface area (Å²) < 4.78 is 6.22. The van der Waals surface area contributed by atoms with Crippen LogP contribution in [0.4, 0.5) is 5.69 Å². The van der Waals surface area contributed by atoms with Gasteiger partial charge in [0.25, 0.3) is 0 Å². The molecule has 1 aromatic carbocycles. The summed E-state index contributed by atoms with van der Waals surface area (Å²) in [6.07, 6.45) is 1.45. The van der Waals surface area contributed by atoms with E-state index in [0.717, 1.165) is 17.3 Å². The number of anilines is 1. The van der Waals surface area contributed by atoms with E-state index < -0.39 is 0 Å². The molecule has 80 valence electrons. The lowest BCUT2D eigenvalue weighted by atomic mass is 10.0. The van der Waals surface area contributed by atoms with Crippen LogP contribution >= 0.6 is 15.9 Å². The number of Topliss-reactive ketones (excluding diaryl/α,β-unsaturated/α-hetero) is 1. The Morgan fingerprint density at radius 2 is 2.33 bits per heavy atom. The summed E-state index contributed by atoms with van der Waals surface area (Å²) in [5.41, 5.74) is 6.85. The van der Waals surface area contributed by atoms with Crippen molar-refractivity contribution in [1.82, 2.24) is 0 Å². The van der Waals surface area contributed by atoms with Crippen LogP contribution in [0.1, 0.15) is 23.2 Å². The van der Waals surface area contributed by atoms with Crippen LogP contribution in [0, 0.1) is 0 Å². The molecular formula is C11H12BrNO2. The molecule has 0 spiro atoms. The van der Waals surface area contributed by atoms with E-state index in [2.05, 4.69) is 15.9 Å². The average Bonchev–Trinajstić information content (AvgIpc) is 2.69. The third-order valence-electron chi connectivity index (χ3n) is 2.50. The monoisotopic (exact) mass is 269 g/mol. The van der Waals surface area contributed by atoms with Gasteiger partial charge in [0.2, 0.25) is 0 Å². The minimum absolute atomic E-state index is 0.00231. The fourth-order valence-electron chi connectivity index (χ4n) is 1.72. The molecule has 1 aliphatic rings. The maximum Gasteiger partial charge on any atom is 0.193 e. The molecule has 4 heteroatoms. The van der Waals surface area contributed by atoms with Crippen LogP contribution in [0.25, 0.3) is 0 Å². The number of carbonyl (C=O) groups is 1. The molecule has 1 heterocycles. The number of nitrogens with two attached hydrogens (primary N) is 1. The average molecular weight is 270 g/mol. The normalized spacial score (nSPS) is 20.5. The van der Waals surface area contributed by atoms with Crippen molar-refractivity contribution in [2.24, 2.45) is 0 Å². The molecule has 0 aliphatic carbocycles. The fraction of sp³-hybridized carbons (Fsp3) is 0.364. The van der Waals surface area contributed by atoms with Gasteiger partial charge in [-0.25, -0.2) is 0 Å². The lowest BCUT2D eigenvalue weighted by molar-refractivity contribution is 0.0644. The van der Waals surface area contributed by atoms with Gasteiger partial charge >= 0.3 is 0 Å². The Labute approximate surface area is 96.7 Å². The van der Waals surface area contributed by atoms with Gasteiger partial charge in [-0.1, -0.05) is 15.9 Å². The Hall–Kier alpha value is -0.870. The number of nitrogen functional groups attached to an aromatic ring is 1. The molecule has 1 saturated heterocycles. The molecule has 0 bridgehead atoms. The summed E-state index contributed by atoms with van der Waals surface area (Å²) in [6, 6.07) is 5.30. The quantitative estimate of drug-likeness (QED) is 0.663. The molecule has 0 amide bonds. The first-order valence-corrected chi connectivity index (χ1v) is 5.68. The highest BCUT2D eigenvalue weighted by molar-refractivity contribution is 9.10. The second-order valence-corrected chi connectivity index (χ2v) is 4.51. The molecule has 2 N–H and O–H groups in total. The maximum absolute atomic E-state index is 12.0. The number of hydrogen-bond acceptors (Lipinski definition) is 3. The third kappa shape index (κ3) is 2.21. The van der Waals surface area contributed by atoms with E-state index in [1.165, 1.54) is 0 Å². The Bertz CT molecular complexity index is 386. The first-order valence-electron chi connectivity index (χ1n) is 4.89. The van der Waals surface area contributed by atoms with E-state index in [1.54, 1.807) is 12.1 Å². The summed E-state index contributed by atoms with van der Waals surface area (Å²) in [4.78, 5) is 12.0. The van der Waals surface area contributed by atoms with Crippen LogP contribution in [0.2, 0.25) is 0 Å². The predicted octanol–water partition coefficient (Wildman–Crippen LogP) is 2.39. The number of ether oxygens (including phenoxy) is 1. The minimum Gasteiger partial charge on any atom is -0.398 e. The molecule has 0 radical (unpaired) electrons. The van der Waals surface area contributed by atoms with Crippen molar-refractivity contribution in [2.45, 2.75) is 18.9 Å². The topological polar surface area (TPSA) is 52.3 Å². The van der Waals surface area contributed by atoms with E-state index in [9.17, 15) is 4.79 Å².